The summed E-state index contributed by atoms with van der Waals surface area (Å²) in [5.41, 5.74) is 1.80. The fourth-order valence-electron chi connectivity index (χ4n) is 3.96. The van der Waals surface area contributed by atoms with Crippen LogP contribution in [0.25, 0.3) is 5.69 Å². The number of likely N-dealkylation sites (tertiary alicyclic amines) is 1. The second kappa shape index (κ2) is 7.63. The first-order valence-corrected chi connectivity index (χ1v) is 9.71. The lowest BCUT2D eigenvalue weighted by atomic mass is 10.0. The van der Waals surface area contributed by atoms with Gasteiger partial charge in [-0.3, -0.25) is 19.5 Å². The Kier molecular flexibility index (Phi) is 5.04. The summed E-state index contributed by atoms with van der Waals surface area (Å²) in [5.74, 6) is -0.111. The first-order chi connectivity index (χ1) is 13.5. The van der Waals surface area contributed by atoms with E-state index in [0.29, 0.717) is 31.9 Å². The fourth-order valence-corrected chi connectivity index (χ4v) is 3.96. The van der Waals surface area contributed by atoms with E-state index in [2.05, 4.69) is 10.4 Å². The number of benzene rings is 1. The molecule has 0 saturated carbocycles. The number of carbonyl (C=O) groups excluding carboxylic acids is 2. The molecule has 0 radical (unpaired) electrons. The molecule has 2 aliphatic heterocycles. The predicted octanol–water partition coefficient (Wildman–Crippen LogP) is 0.510. The van der Waals surface area contributed by atoms with E-state index < -0.39 is 0 Å². The molecule has 4 rings (SSSR count). The van der Waals surface area contributed by atoms with Crippen LogP contribution in [0.3, 0.4) is 0 Å². The molecule has 28 heavy (non-hydrogen) atoms. The van der Waals surface area contributed by atoms with E-state index in [9.17, 15) is 14.4 Å². The number of aryl methyl sites for hydroxylation is 1. The molecule has 0 spiro atoms. The summed E-state index contributed by atoms with van der Waals surface area (Å²) in [4.78, 5) is 41.2. The highest BCUT2D eigenvalue weighted by molar-refractivity contribution is 5.92. The largest absolute Gasteiger partial charge is 0.336 e. The zero-order chi connectivity index (χ0) is 19.7. The average molecular weight is 383 g/mol. The summed E-state index contributed by atoms with van der Waals surface area (Å²) in [6.07, 6.45) is 1.74. The van der Waals surface area contributed by atoms with Gasteiger partial charge in [0.2, 0.25) is 5.91 Å². The summed E-state index contributed by atoms with van der Waals surface area (Å²) in [6.45, 7) is 4.92. The monoisotopic (exact) mass is 383 g/mol. The fraction of sp³-hybridized carbons (Fsp3) is 0.450. The normalized spacial score (nSPS) is 20.5. The summed E-state index contributed by atoms with van der Waals surface area (Å²) < 4.78 is 1.38. The van der Waals surface area contributed by atoms with Crippen molar-refractivity contribution >= 4 is 11.8 Å². The predicted molar refractivity (Wildman–Crippen MR) is 105 cm³/mol. The molecule has 8 heteroatoms. The topological polar surface area (TPSA) is 90.4 Å². The standard InChI is InChI=1S/C20H25N5O3/c1-14-4-6-15(7-5-14)25-18(26)11-17(22-25)20(28)23-9-2-3-16(13-23)24-10-8-21-12-19(24)27/h4-7,11,16,21-22H,2-3,8-10,12-13H2,1H3. The molecule has 2 aromatic rings. The van der Waals surface area contributed by atoms with Crippen molar-refractivity contribution in [2.75, 3.05) is 32.7 Å². The number of amides is 2. The van der Waals surface area contributed by atoms with Gasteiger partial charge in [-0.25, -0.2) is 4.68 Å². The van der Waals surface area contributed by atoms with Gasteiger partial charge in [0.15, 0.2) is 0 Å². The highest BCUT2D eigenvalue weighted by atomic mass is 16.2. The molecule has 2 saturated heterocycles. The van der Waals surface area contributed by atoms with Gasteiger partial charge in [0.25, 0.3) is 11.5 Å². The molecule has 2 N–H and O–H groups in total. The Bertz CT molecular complexity index is 930. The van der Waals surface area contributed by atoms with Crippen molar-refractivity contribution in [3.05, 3.63) is 51.9 Å². The van der Waals surface area contributed by atoms with Crippen LogP contribution in [0.15, 0.2) is 35.1 Å². The van der Waals surface area contributed by atoms with Crippen LogP contribution in [-0.2, 0) is 4.79 Å². The van der Waals surface area contributed by atoms with Crippen molar-refractivity contribution in [3.63, 3.8) is 0 Å². The molecule has 0 bridgehead atoms. The zero-order valence-electron chi connectivity index (χ0n) is 16.0. The molecule has 2 fully saturated rings. The Balaban J connectivity index is 1.51. The molecular formula is C20H25N5O3. The van der Waals surface area contributed by atoms with E-state index in [1.807, 2.05) is 36.1 Å². The van der Waals surface area contributed by atoms with Gasteiger partial charge in [0, 0.05) is 38.3 Å². The van der Waals surface area contributed by atoms with Gasteiger partial charge in [-0.2, -0.15) is 0 Å². The van der Waals surface area contributed by atoms with Crippen LogP contribution in [-0.4, -0.2) is 70.2 Å². The van der Waals surface area contributed by atoms with Crippen molar-refractivity contribution in [2.45, 2.75) is 25.8 Å². The molecule has 1 aromatic carbocycles. The number of hydrogen-bond donors (Lipinski definition) is 2. The van der Waals surface area contributed by atoms with Crippen LogP contribution in [0, 0.1) is 6.92 Å². The second-order valence-electron chi connectivity index (χ2n) is 7.49. The molecule has 2 amide bonds. The highest BCUT2D eigenvalue weighted by Gasteiger charge is 2.32. The van der Waals surface area contributed by atoms with Gasteiger partial charge in [-0.05, 0) is 31.9 Å². The minimum atomic E-state index is -0.266. The minimum absolute atomic E-state index is 0.0400. The van der Waals surface area contributed by atoms with Crippen LogP contribution in [0.5, 0.6) is 0 Å². The average Bonchev–Trinajstić information content (AvgIpc) is 3.10. The van der Waals surface area contributed by atoms with E-state index in [-0.39, 0.29) is 29.1 Å². The van der Waals surface area contributed by atoms with Crippen molar-refractivity contribution < 1.29 is 9.59 Å². The molecule has 3 heterocycles. The summed E-state index contributed by atoms with van der Waals surface area (Å²) in [6, 6.07) is 8.91. The number of piperidine rings is 1. The Labute approximate surface area is 163 Å². The zero-order valence-corrected chi connectivity index (χ0v) is 16.0. The molecule has 2 aliphatic rings. The maximum Gasteiger partial charge on any atom is 0.272 e. The van der Waals surface area contributed by atoms with Crippen molar-refractivity contribution in [1.29, 1.82) is 0 Å². The van der Waals surface area contributed by atoms with E-state index >= 15 is 0 Å². The number of hydrogen-bond acceptors (Lipinski definition) is 4. The molecule has 0 aliphatic carbocycles. The van der Waals surface area contributed by atoms with Crippen molar-refractivity contribution in [3.8, 4) is 5.69 Å². The number of H-pyrrole nitrogens is 1. The highest BCUT2D eigenvalue weighted by Crippen LogP contribution is 2.18. The number of carbonyl (C=O) groups is 2. The van der Waals surface area contributed by atoms with Crippen LogP contribution in [0.2, 0.25) is 0 Å². The molecule has 148 valence electrons. The summed E-state index contributed by atoms with van der Waals surface area (Å²) >= 11 is 0. The van der Waals surface area contributed by atoms with Gasteiger partial charge in [0.1, 0.15) is 5.69 Å². The lowest BCUT2D eigenvalue weighted by molar-refractivity contribution is -0.135. The van der Waals surface area contributed by atoms with Crippen LogP contribution in [0.4, 0.5) is 0 Å². The third kappa shape index (κ3) is 3.60. The van der Waals surface area contributed by atoms with Crippen LogP contribution >= 0.6 is 0 Å². The van der Waals surface area contributed by atoms with E-state index in [4.69, 9.17) is 0 Å². The first-order valence-electron chi connectivity index (χ1n) is 9.71. The van der Waals surface area contributed by atoms with Gasteiger partial charge in [-0.1, -0.05) is 17.7 Å². The maximum atomic E-state index is 13.0. The maximum absolute atomic E-state index is 13.0. The Hall–Kier alpha value is -2.87. The van der Waals surface area contributed by atoms with Gasteiger partial charge < -0.3 is 15.1 Å². The smallest absolute Gasteiger partial charge is 0.272 e. The molecule has 1 aromatic heterocycles. The van der Waals surface area contributed by atoms with Gasteiger partial charge in [0.05, 0.1) is 12.2 Å². The summed E-state index contributed by atoms with van der Waals surface area (Å²) in [5, 5.41) is 6.02. The Morgan fingerprint density at radius 1 is 1.14 bits per heavy atom. The number of aromatic nitrogens is 2. The van der Waals surface area contributed by atoms with Gasteiger partial charge in [-0.15, -0.1) is 0 Å². The molecule has 1 unspecified atom stereocenters. The molecular weight excluding hydrogens is 358 g/mol. The number of nitrogens with one attached hydrogen (secondary N) is 2. The number of nitrogens with zero attached hydrogens (tertiary/aromatic N) is 3. The van der Waals surface area contributed by atoms with Gasteiger partial charge >= 0.3 is 0 Å². The SMILES string of the molecule is Cc1ccc(-n2[nH]c(C(=O)N3CCCC(N4CCNCC4=O)C3)cc2=O)cc1. The molecule has 1 atom stereocenters. The Morgan fingerprint density at radius 3 is 2.68 bits per heavy atom. The quantitative estimate of drug-likeness (QED) is 0.808. The van der Waals surface area contributed by atoms with Crippen LogP contribution < -0.4 is 10.9 Å². The lowest BCUT2D eigenvalue weighted by Gasteiger charge is -2.41. The van der Waals surface area contributed by atoms with Crippen molar-refractivity contribution in [1.82, 2.24) is 24.9 Å². The second-order valence-corrected chi connectivity index (χ2v) is 7.49. The van der Waals surface area contributed by atoms with Crippen LogP contribution in [0.1, 0.15) is 28.9 Å². The summed E-state index contributed by atoms with van der Waals surface area (Å²) in [7, 11) is 0. The van der Waals surface area contributed by atoms with E-state index in [1.54, 1.807) is 4.90 Å². The minimum Gasteiger partial charge on any atom is -0.336 e. The third-order valence-corrected chi connectivity index (χ3v) is 5.49. The first kappa shape index (κ1) is 18.5. The van der Waals surface area contributed by atoms with E-state index in [1.165, 1.54) is 10.7 Å². The van der Waals surface area contributed by atoms with Crippen molar-refractivity contribution in [2.24, 2.45) is 0 Å². The third-order valence-electron chi connectivity index (χ3n) is 5.49. The number of rotatable bonds is 3. The molecule has 8 nitrogen and oxygen atoms in total. The Morgan fingerprint density at radius 2 is 1.93 bits per heavy atom. The lowest BCUT2D eigenvalue weighted by Crippen LogP contribution is -2.57. The van der Waals surface area contributed by atoms with E-state index in [0.717, 1.165) is 24.9 Å². The number of piperazine rings is 1. The number of aromatic amines is 1.